The average molecular weight is 417 g/mol. The molecular formula is C17H22F3N5O4. The van der Waals surface area contributed by atoms with E-state index in [-0.39, 0.29) is 6.03 Å². The number of fused-ring (bicyclic) bond motifs is 1. The van der Waals surface area contributed by atoms with Gasteiger partial charge in [-0.3, -0.25) is 9.58 Å². The average Bonchev–Trinajstić information content (AvgIpc) is 3.32. The van der Waals surface area contributed by atoms with E-state index in [1.54, 1.807) is 26.6 Å². The van der Waals surface area contributed by atoms with Crippen molar-refractivity contribution in [2.24, 2.45) is 7.05 Å². The molecule has 0 atom stereocenters. The molecule has 0 aliphatic carbocycles. The Morgan fingerprint density at radius 2 is 2.00 bits per heavy atom. The third-order valence-electron chi connectivity index (χ3n) is 4.16. The van der Waals surface area contributed by atoms with Gasteiger partial charge >= 0.3 is 18.2 Å². The minimum atomic E-state index is -5.08. The van der Waals surface area contributed by atoms with E-state index in [0.717, 1.165) is 25.3 Å². The highest BCUT2D eigenvalue weighted by Gasteiger charge is 2.38. The number of nitrogens with zero attached hydrogens (tertiary/aromatic N) is 4. The molecule has 2 amide bonds. The Morgan fingerprint density at radius 3 is 2.52 bits per heavy atom. The quantitative estimate of drug-likeness (QED) is 0.788. The second-order valence-corrected chi connectivity index (χ2v) is 6.63. The molecule has 0 fully saturated rings. The fourth-order valence-corrected chi connectivity index (χ4v) is 2.75. The van der Waals surface area contributed by atoms with Crippen LogP contribution in [0.2, 0.25) is 0 Å². The Bertz CT molecular complexity index is 846. The van der Waals surface area contributed by atoms with Crippen LogP contribution in [0.15, 0.2) is 23.0 Å². The number of nitrogens with one attached hydrogen (secondary N) is 1. The maximum atomic E-state index is 11.7. The fraction of sp³-hybridized carbons (Fsp3) is 0.471. The van der Waals surface area contributed by atoms with Crippen molar-refractivity contribution in [3.63, 3.8) is 0 Å². The number of amides is 2. The summed E-state index contributed by atoms with van der Waals surface area (Å²) < 4.78 is 38.8. The predicted octanol–water partition coefficient (Wildman–Crippen LogP) is 1.93. The predicted molar refractivity (Wildman–Crippen MR) is 94.5 cm³/mol. The van der Waals surface area contributed by atoms with Gasteiger partial charge in [0.25, 0.3) is 0 Å². The Hall–Kier alpha value is -3.02. The van der Waals surface area contributed by atoms with Gasteiger partial charge in [-0.05, 0) is 6.07 Å². The van der Waals surface area contributed by atoms with Gasteiger partial charge < -0.3 is 19.7 Å². The van der Waals surface area contributed by atoms with Crippen molar-refractivity contribution in [1.82, 2.24) is 24.9 Å². The normalized spacial score (nSPS) is 13.4. The van der Waals surface area contributed by atoms with Gasteiger partial charge in [-0.2, -0.15) is 18.3 Å². The summed E-state index contributed by atoms with van der Waals surface area (Å²) in [5.41, 5.74) is 4.56. The van der Waals surface area contributed by atoms with E-state index in [1.807, 2.05) is 17.8 Å². The number of furan rings is 1. The van der Waals surface area contributed by atoms with Crippen LogP contribution in [0.5, 0.6) is 0 Å². The molecule has 160 valence electrons. The van der Waals surface area contributed by atoms with Crippen LogP contribution < -0.4 is 5.32 Å². The minimum absolute atomic E-state index is 0.104. The van der Waals surface area contributed by atoms with Crippen LogP contribution in [0.25, 0.3) is 0 Å². The van der Waals surface area contributed by atoms with E-state index in [0.29, 0.717) is 6.54 Å². The van der Waals surface area contributed by atoms with Crippen LogP contribution in [0, 0.1) is 0 Å². The van der Waals surface area contributed by atoms with Crippen molar-refractivity contribution in [2.75, 3.05) is 14.1 Å². The van der Waals surface area contributed by atoms with Gasteiger partial charge in [0.2, 0.25) is 0 Å². The first kappa shape index (κ1) is 22.3. The number of carboxylic acid groups (broad SMARTS) is 1. The van der Waals surface area contributed by atoms with E-state index in [4.69, 9.17) is 14.3 Å². The zero-order chi connectivity index (χ0) is 21.8. The first-order chi connectivity index (χ1) is 13.5. The molecule has 0 unspecified atom stereocenters. The zero-order valence-electron chi connectivity index (χ0n) is 16.2. The van der Waals surface area contributed by atoms with E-state index in [1.165, 1.54) is 21.7 Å². The SMILES string of the molecule is CN(C)C(=O)NCc1nn(C)c2c1CN(Cc1ccoc1)C2.O=C(O)C(F)(F)F. The molecule has 2 N–H and O–H groups in total. The number of hydrogen-bond donors (Lipinski definition) is 2. The molecule has 0 aromatic carbocycles. The second kappa shape index (κ2) is 8.99. The summed E-state index contributed by atoms with van der Waals surface area (Å²) >= 11 is 0. The molecule has 0 saturated carbocycles. The third-order valence-corrected chi connectivity index (χ3v) is 4.16. The zero-order valence-corrected chi connectivity index (χ0v) is 16.2. The number of hydrogen-bond acceptors (Lipinski definition) is 5. The number of urea groups is 1. The summed E-state index contributed by atoms with van der Waals surface area (Å²) in [5.74, 6) is -2.76. The molecule has 0 spiro atoms. The molecule has 29 heavy (non-hydrogen) atoms. The molecule has 3 rings (SSSR count). The number of carboxylic acids is 1. The molecule has 3 heterocycles. The van der Waals surface area contributed by atoms with Crippen molar-refractivity contribution in [2.45, 2.75) is 32.4 Å². The number of aryl methyl sites for hydroxylation is 1. The van der Waals surface area contributed by atoms with Crippen molar-refractivity contribution in [3.8, 4) is 0 Å². The van der Waals surface area contributed by atoms with Crippen LogP contribution in [0.3, 0.4) is 0 Å². The van der Waals surface area contributed by atoms with E-state index in [9.17, 15) is 18.0 Å². The molecule has 2 aromatic rings. The first-order valence-electron chi connectivity index (χ1n) is 8.51. The second-order valence-electron chi connectivity index (χ2n) is 6.63. The maximum absolute atomic E-state index is 11.7. The lowest BCUT2D eigenvalue weighted by atomic mass is 10.2. The molecule has 0 bridgehead atoms. The summed E-state index contributed by atoms with van der Waals surface area (Å²) in [5, 5.41) is 14.5. The Morgan fingerprint density at radius 1 is 1.34 bits per heavy atom. The van der Waals surface area contributed by atoms with Gasteiger partial charge in [0.05, 0.1) is 30.5 Å². The van der Waals surface area contributed by atoms with Crippen molar-refractivity contribution in [1.29, 1.82) is 0 Å². The lowest BCUT2D eigenvalue weighted by Gasteiger charge is -2.15. The molecule has 1 aliphatic rings. The fourth-order valence-electron chi connectivity index (χ4n) is 2.75. The largest absolute Gasteiger partial charge is 0.490 e. The Balaban J connectivity index is 0.000000370. The van der Waals surface area contributed by atoms with Gasteiger partial charge in [-0.1, -0.05) is 0 Å². The lowest BCUT2D eigenvalue weighted by molar-refractivity contribution is -0.192. The molecule has 0 saturated heterocycles. The molecule has 1 aliphatic heterocycles. The van der Waals surface area contributed by atoms with E-state index >= 15 is 0 Å². The van der Waals surface area contributed by atoms with Crippen LogP contribution in [0.4, 0.5) is 18.0 Å². The summed E-state index contributed by atoms with van der Waals surface area (Å²) in [6.07, 6.45) is -1.61. The number of aromatic nitrogens is 2. The maximum Gasteiger partial charge on any atom is 0.490 e. The summed E-state index contributed by atoms with van der Waals surface area (Å²) in [6, 6.07) is 1.88. The summed E-state index contributed by atoms with van der Waals surface area (Å²) in [4.78, 5) is 24.4. The van der Waals surface area contributed by atoms with Crippen LogP contribution >= 0.6 is 0 Å². The lowest BCUT2D eigenvalue weighted by Crippen LogP contribution is -2.34. The highest BCUT2D eigenvalue weighted by molar-refractivity contribution is 5.73. The molecule has 2 aromatic heterocycles. The monoisotopic (exact) mass is 417 g/mol. The highest BCUT2D eigenvalue weighted by atomic mass is 19.4. The summed E-state index contributed by atoms with van der Waals surface area (Å²) in [6.45, 7) is 3.03. The topological polar surface area (TPSA) is 104 Å². The smallest absolute Gasteiger partial charge is 0.475 e. The van der Waals surface area contributed by atoms with Crippen LogP contribution in [-0.4, -0.2) is 57.0 Å². The standard InChI is InChI=1S/C15H21N5O2.C2HF3O2/c1-18(2)15(21)16-6-13-12-8-20(7-11-4-5-22-10-11)9-14(12)19(3)17-13;3-2(4,5)1(6)7/h4-5,10H,6-9H2,1-3H3,(H,16,21);(H,6,7). The number of carbonyl (C=O) groups is 2. The van der Waals surface area contributed by atoms with Crippen LogP contribution in [0.1, 0.15) is 22.5 Å². The number of alkyl halides is 3. The number of aliphatic carboxylic acids is 1. The molecular weight excluding hydrogens is 395 g/mol. The van der Waals surface area contributed by atoms with Crippen molar-refractivity contribution < 1.29 is 32.3 Å². The van der Waals surface area contributed by atoms with Gasteiger partial charge in [0, 0.05) is 51.9 Å². The molecule has 0 radical (unpaired) electrons. The van der Waals surface area contributed by atoms with Gasteiger partial charge in [-0.25, -0.2) is 9.59 Å². The number of rotatable bonds is 4. The molecule has 9 nitrogen and oxygen atoms in total. The highest BCUT2D eigenvalue weighted by Crippen LogP contribution is 2.27. The third kappa shape index (κ3) is 5.98. The Kier molecular flexibility index (Phi) is 6.90. The first-order valence-corrected chi connectivity index (χ1v) is 8.51. The van der Waals surface area contributed by atoms with Gasteiger partial charge in [0.1, 0.15) is 0 Å². The van der Waals surface area contributed by atoms with E-state index < -0.39 is 12.1 Å². The van der Waals surface area contributed by atoms with Gasteiger partial charge in [-0.15, -0.1) is 0 Å². The van der Waals surface area contributed by atoms with Crippen molar-refractivity contribution >= 4 is 12.0 Å². The van der Waals surface area contributed by atoms with E-state index in [2.05, 4.69) is 15.3 Å². The number of halogens is 3. The summed E-state index contributed by atoms with van der Waals surface area (Å²) in [7, 11) is 5.41. The molecule has 12 heteroatoms. The van der Waals surface area contributed by atoms with Gasteiger partial charge in [0.15, 0.2) is 0 Å². The minimum Gasteiger partial charge on any atom is -0.475 e. The van der Waals surface area contributed by atoms with Crippen molar-refractivity contribution in [3.05, 3.63) is 41.1 Å². The number of carbonyl (C=O) groups excluding carboxylic acids is 1. The van der Waals surface area contributed by atoms with Crippen LogP contribution in [-0.2, 0) is 38.0 Å². The Labute approximate surface area is 164 Å².